The topological polar surface area (TPSA) is 28.5 Å². The van der Waals surface area contributed by atoms with E-state index < -0.39 is 0 Å². The third-order valence-corrected chi connectivity index (χ3v) is 5.70. The highest BCUT2D eigenvalue weighted by Crippen LogP contribution is 2.25. The Morgan fingerprint density at radius 2 is 1.67 bits per heavy atom. The van der Waals surface area contributed by atoms with E-state index >= 15 is 0 Å². The summed E-state index contributed by atoms with van der Waals surface area (Å²) in [5.41, 5.74) is 3.18. The molecule has 0 unspecified atom stereocenters. The molecule has 1 fully saturated rings. The monoisotopic (exact) mass is 361 g/mol. The van der Waals surface area contributed by atoms with Gasteiger partial charge in [-0.2, -0.15) is 0 Å². The van der Waals surface area contributed by atoms with Crippen molar-refractivity contribution in [2.45, 2.75) is 25.4 Å². The fourth-order valence-electron chi connectivity index (χ4n) is 4.08. The largest absolute Gasteiger partial charge is 0.342 e. The van der Waals surface area contributed by atoms with Crippen molar-refractivity contribution in [2.24, 2.45) is 0 Å². The van der Waals surface area contributed by atoms with E-state index in [4.69, 9.17) is 0 Å². The molecule has 4 heteroatoms. The van der Waals surface area contributed by atoms with Crippen molar-refractivity contribution in [3.63, 3.8) is 0 Å². The van der Waals surface area contributed by atoms with Gasteiger partial charge in [-0.25, -0.2) is 0 Å². The predicted octanol–water partition coefficient (Wildman–Crippen LogP) is 3.86. The molecule has 1 aliphatic heterocycles. The third-order valence-electron chi connectivity index (χ3n) is 5.70. The van der Waals surface area contributed by atoms with Crippen molar-refractivity contribution < 1.29 is 4.79 Å². The van der Waals surface area contributed by atoms with E-state index in [2.05, 4.69) is 60.0 Å². The number of hydrogen-bond donors (Lipinski definition) is 0. The fourth-order valence-corrected chi connectivity index (χ4v) is 4.08. The lowest BCUT2D eigenvalue weighted by atomic mass is 10.0. The van der Waals surface area contributed by atoms with Gasteiger partial charge >= 0.3 is 0 Å². The van der Waals surface area contributed by atoms with Crippen LogP contribution in [0.5, 0.6) is 0 Å². The summed E-state index contributed by atoms with van der Waals surface area (Å²) in [5, 5.41) is 1.05. The van der Waals surface area contributed by atoms with Crippen molar-refractivity contribution in [3.05, 3.63) is 71.9 Å². The van der Waals surface area contributed by atoms with Crippen molar-refractivity contribution in [1.82, 2.24) is 14.4 Å². The number of fused-ring (bicyclic) bond motifs is 1. The fraction of sp³-hybridized carbons (Fsp3) is 0.348. The summed E-state index contributed by atoms with van der Waals surface area (Å²) in [5.74, 6) is 0.162. The molecule has 0 N–H and O–H groups in total. The van der Waals surface area contributed by atoms with Gasteiger partial charge in [-0.3, -0.25) is 4.79 Å². The lowest BCUT2D eigenvalue weighted by Crippen LogP contribution is -2.44. The predicted molar refractivity (Wildman–Crippen MR) is 110 cm³/mol. The summed E-state index contributed by atoms with van der Waals surface area (Å²) >= 11 is 0. The Morgan fingerprint density at radius 3 is 2.37 bits per heavy atom. The van der Waals surface area contributed by atoms with Crippen LogP contribution in [0, 0.1) is 0 Å². The summed E-state index contributed by atoms with van der Waals surface area (Å²) in [6.45, 7) is 2.44. The van der Waals surface area contributed by atoms with E-state index in [0.717, 1.165) is 48.9 Å². The molecule has 3 aromatic rings. The number of carbonyl (C=O) groups is 1. The number of aromatic nitrogens is 1. The first kappa shape index (κ1) is 17.8. The second kappa shape index (κ2) is 7.57. The number of hydrogen-bond acceptors (Lipinski definition) is 2. The minimum atomic E-state index is 0.162. The molecule has 0 spiro atoms. The van der Waals surface area contributed by atoms with Gasteiger partial charge in [0.15, 0.2) is 0 Å². The number of rotatable bonds is 4. The molecule has 1 aromatic heterocycles. The molecule has 2 heterocycles. The number of amides is 1. The van der Waals surface area contributed by atoms with E-state index in [1.807, 2.05) is 29.3 Å². The summed E-state index contributed by atoms with van der Waals surface area (Å²) in [7, 11) is 4.25. The Hall–Kier alpha value is -2.59. The van der Waals surface area contributed by atoms with E-state index in [-0.39, 0.29) is 5.91 Å². The highest BCUT2D eigenvalue weighted by Gasteiger charge is 2.26. The highest BCUT2D eigenvalue weighted by atomic mass is 16.2. The maximum Gasteiger partial charge on any atom is 0.256 e. The molecule has 0 atom stereocenters. The van der Waals surface area contributed by atoms with Gasteiger partial charge in [-0.05, 0) is 38.6 Å². The average molecular weight is 361 g/mol. The van der Waals surface area contributed by atoms with Crippen LogP contribution in [0.2, 0.25) is 0 Å². The molecular formula is C23H27N3O. The normalized spacial score (nSPS) is 15.6. The Kier molecular flexibility index (Phi) is 4.99. The molecule has 1 saturated heterocycles. The van der Waals surface area contributed by atoms with Gasteiger partial charge in [0.05, 0.1) is 5.56 Å². The van der Waals surface area contributed by atoms with Crippen molar-refractivity contribution in [2.75, 3.05) is 27.2 Å². The Balaban J connectivity index is 1.61. The second-order valence-corrected chi connectivity index (χ2v) is 7.66. The lowest BCUT2D eigenvalue weighted by molar-refractivity contribution is 0.0665. The van der Waals surface area contributed by atoms with Crippen LogP contribution >= 0.6 is 0 Å². The summed E-state index contributed by atoms with van der Waals surface area (Å²) in [6.07, 6.45) is 4.13. The van der Waals surface area contributed by atoms with Gasteiger partial charge in [0, 0.05) is 42.8 Å². The zero-order chi connectivity index (χ0) is 18.8. The number of carbonyl (C=O) groups excluding carboxylic acids is 1. The maximum absolute atomic E-state index is 13.3. The molecule has 2 aromatic carbocycles. The van der Waals surface area contributed by atoms with Crippen molar-refractivity contribution >= 4 is 16.8 Å². The van der Waals surface area contributed by atoms with Crippen molar-refractivity contribution in [3.8, 4) is 0 Å². The summed E-state index contributed by atoms with van der Waals surface area (Å²) < 4.78 is 2.20. The first-order valence-electron chi connectivity index (χ1n) is 9.71. The van der Waals surface area contributed by atoms with Gasteiger partial charge in [0.1, 0.15) is 0 Å². The minimum absolute atomic E-state index is 0.162. The highest BCUT2D eigenvalue weighted by molar-refractivity contribution is 6.07. The van der Waals surface area contributed by atoms with Crippen LogP contribution in [0.4, 0.5) is 0 Å². The van der Waals surface area contributed by atoms with Gasteiger partial charge < -0.3 is 14.4 Å². The number of para-hydroxylation sites is 1. The molecule has 1 amide bonds. The molecular weight excluding hydrogens is 334 g/mol. The first-order chi connectivity index (χ1) is 13.1. The standard InChI is InChI=1S/C23H27N3O/c1-24(2)19-12-14-25(15-13-19)23(27)21-17-26(16-18-8-4-3-5-9-18)22-11-7-6-10-20(21)22/h3-11,17,19H,12-16H2,1-2H3. The number of likely N-dealkylation sites (tertiary alicyclic amines) is 1. The molecule has 140 valence electrons. The quantitative estimate of drug-likeness (QED) is 0.706. The van der Waals surface area contributed by atoms with Gasteiger partial charge in [-0.15, -0.1) is 0 Å². The Morgan fingerprint density at radius 1 is 1.00 bits per heavy atom. The second-order valence-electron chi connectivity index (χ2n) is 7.66. The zero-order valence-corrected chi connectivity index (χ0v) is 16.1. The van der Waals surface area contributed by atoms with E-state index in [0.29, 0.717) is 6.04 Å². The summed E-state index contributed by atoms with van der Waals surface area (Å²) in [6, 6.07) is 19.2. The van der Waals surface area contributed by atoms with Crippen molar-refractivity contribution in [1.29, 1.82) is 0 Å². The summed E-state index contributed by atoms with van der Waals surface area (Å²) in [4.78, 5) is 17.5. The van der Waals surface area contributed by atoms with E-state index in [1.54, 1.807) is 0 Å². The van der Waals surface area contributed by atoms with Crippen LogP contribution in [0.3, 0.4) is 0 Å². The molecule has 0 saturated carbocycles. The van der Waals surface area contributed by atoms with Crippen LogP contribution < -0.4 is 0 Å². The number of piperidine rings is 1. The SMILES string of the molecule is CN(C)C1CCN(C(=O)c2cn(Cc3ccccc3)c3ccccc23)CC1. The lowest BCUT2D eigenvalue weighted by Gasteiger charge is -2.35. The van der Waals surface area contributed by atoms with Crippen LogP contribution in [0.15, 0.2) is 60.8 Å². The molecule has 4 nitrogen and oxygen atoms in total. The smallest absolute Gasteiger partial charge is 0.256 e. The van der Waals surface area contributed by atoms with Gasteiger partial charge in [-0.1, -0.05) is 48.5 Å². The van der Waals surface area contributed by atoms with Crippen LogP contribution in [-0.4, -0.2) is 53.5 Å². The van der Waals surface area contributed by atoms with Gasteiger partial charge in [0.2, 0.25) is 0 Å². The molecule has 1 aliphatic rings. The maximum atomic E-state index is 13.3. The molecule has 4 rings (SSSR count). The third kappa shape index (κ3) is 3.62. The van der Waals surface area contributed by atoms with Crippen LogP contribution in [0.25, 0.3) is 10.9 Å². The minimum Gasteiger partial charge on any atom is -0.342 e. The average Bonchev–Trinajstić information content (AvgIpc) is 3.07. The molecule has 27 heavy (non-hydrogen) atoms. The molecule has 0 radical (unpaired) electrons. The number of benzene rings is 2. The van der Waals surface area contributed by atoms with Crippen LogP contribution in [0.1, 0.15) is 28.8 Å². The Labute approximate surface area is 161 Å². The van der Waals surface area contributed by atoms with E-state index in [9.17, 15) is 4.79 Å². The Bertz CT molecular complexity index is 921. The number of nitrogens with zero attached hydrogens (tertiary/aromatic N) is 3. The van der Waals surface area contributed by atoms with Gasteiger partial charge in [0.25, 0.3) is 5.91 Å². The zero-order valence-electron chi connectivity index (χ0n) is 16.1. The first-order valence-corrected chi connectivity index (χ1v) is 9.71. The molecule has 0 aliphatic carbocycles. The molecule has 0 bridgehead atoms. The van der Waals surface area contributed by atoms with E-state index in [1.165, 1.54) is 5.56 Å². The van der Waals surface area contributed by atoms with Crippen LogP contribution in [-0.2, 0) is 6.54 Å².